The summed E-state index contributed by atoms with van der Waals surface area (Å²) in [6, 6.07) is 11.9. The Morgan fingerprint density at radius 3 is 1.68 bits per heavy atom. The number of nitro benzene ring substituents is 2. The number of halogens is 1. The molecule has 0 radical (unpaired) electrons. The zero-order chi connectivity index (χ0) is 27.8. The standard InChI is InChI=1S/C11H15N3O2.C6H4FNO2.C5H12N2.C4H8O/c1-12-6-8-13(9-7-12)10-4-2-3-5-11(10)14(15)16;7-5-3-1-2-4-6(5)8(9)10;1-7-4-2-6-3-5-7;1-2-4-5-3-1/h2-5H,6-9H2,1H3;1-4H;6H,2-5H2,1H3;1-4H2. The molecule has 5 rings (SSSR count). The fourth-order valence-electron chi connectivity index (χ4n) is 3.82. The lowest BCUT2D eigenvalue weighted by Crippen LogP contribution is -2.44. The fourth-order valence-corrected chi connectivity index (χ4v) is 3.82. The molecule has 3 aliphatic rings. The van der Waals surface area contributed by atoms with Crippen LogP contribution >= 0.6 is 0 Å². The van der Waals surface area contributed by atoms with Gasteiger partial charge in [0.1, 0.15) is 5.69 Å². The van der Waals surface area contributed by atoms with Crippen LogP contribution in [0, 0.1) is 26.0 Å². The SMILES string of the molecule is C1CCOC1.CN1CCN(c2ccccc2[N+](=O)[O-])CC1.CN1CCNCC1.O=[N+]([O-])c1ccccc1F. The summed E-state index contributed by atoms with van der Waals surface area (Å²) in [7, 11) is 4.22. The first kappa shape index (κ1) is 31.0. The number of para-hydroxylation sites is 3. The molecule has 3 heterocycles. The maximum Gasteiger partial charge on any atom is 0.304 e. The van der Waals surface area contributed by atoms with E-state index in [4.69, 9.17) is 4.74 Å². The summed E-state index contributed by atoms with van der Waals surface area (Å²) in [5.74, 6) is -0.799. The minimum absolute atomic E-state index is 0.201. The fraction of sp³-hybridized carbons (Fsp3) is 0.538. The minimum atomic E-state index is -0.799. The monoisotopic (exact) mass is 534 g/mol. The van der Waals surface area contributed by atoms with Crippen LogP contribution in [0.5, 0.6) is 0 Å². The van der Waals surface area contributed by atoms with E-state index < -0.39 is 16.4 Å². The lowest BCUT2D eigenvalue weighted by Gasteiger charge is -2.33. The number of piperazine rings is 2. The summed E-state index contributed by atoms with van der Waals surface area (Å²) in [5, 5.41) is 24.2. The second-order valence-electron chi connectivity index (χ2n) is 9.12. The van der Waals surface area contributed by atoms with Crippen molar-refractivity contribution in [1.82, 2.24) is 15.1 Å². The van der Waals surface area contributed by atoms with Crippen molar-refractivity contribution >= 4 is 17.1 Å². The van der Waals surface area contributed by atoms with Gasteiger partial charge < -0.3 is 24.8 Å². The van der Waals surface area contributed by atoms with Crippen molar-refractivity contribution in [1.29, 1.82) is 0 Å². The Balaban J connectivity index is 0.000000196. The molecule has 12 heteroatoms. The molecule has 0 amide bonds. The van der Waals surface area contributed by atoms with Gasteiger partial charge in [0.25, 0.3) is 5.69 Å². The van der Waals surface area contributed by atoms with Crippen molar-refractivity contribution in [3.63, 3.8) is 0 Å². The Hall–Kier alpha value is -3.19. The number of likely N-dealkylation sites (N-methyl/N-ethyl adjacent to an activating group) is 2. The Morgan fingerprint density at radius 2 is 1.26 bits per heavy atom. The minimum Gasteiger partial charge on any atom is -0.381 e. The van der Waals surface area contributed by atoms with Crippen LogP contribution in [0.2, 0.25) is 0 Å². The van der Waals surface area contributed by atoms with Crippen molar-refractivity contribution in [3.05, 3.63) is 74.6 Å². The van der Waals surface area contributed by atoms with E-state index in [1.165, 1.54) is 38.1 Å². The molecule has 11 nitrogen and oxygen atoms in total. The smallest absolute Gasteiger partial charge is 0.304 e. The largest absolute Gasteiger partial charge is 0.381 e. The molecule has 0 atom stereocenters. The van der Waals surface area contributed by atoms with Gasteiger partial charge in [-0.25, -0.2) is 0 Å². The highest BCUT2D eigenvalue weighted by molar-refractivity contribution is 5.63. The summed E-state index contributed by atoms with van der Waals surface area (Å²) in [4.78, 5) is 26.5. The van der Waals surface area contributed by atoms with Gasteiger partial charge in [-0.3, -0.25) is 20.2 Å². The van der Waals surface area contributed by atoms with Crippen molar-refractivity contribution in [2.24, 2.45) is 0 Å². The van der Waals surface area contributed by atoms with E-state index in [0.717, 1.165) is 70.3 Å². The number of anilines is 1. The summed E-state index contributed by atoms with van der Waals surface area (Å²) < 4.78 is 17.3. The zero-order valence-corrected chi connectivity index (χ0v) is 22.3. The van der Waals surface area contributed by atoms with Gasteiger partial charge in [-0.2, -0.15) is 4.39 Å². The molecule has 3 saturated heterocycles. The summed E-state index contributed by atoms with van der Waals surface area (Å²) in [6.45, 7) is 10.3. The molecule has 0 aliphatic carbocycles. The van der Waals surface area contributed by atoms with Crippen LogP contribution in [0.15, 0.2) is 48.5 Å². The van der Waals surface area contributed by atoms with Gasteiger partial charge in [-0.15, -0.1) is 0 Å². The molecule has 3 aliphatic heterocycles. The molecular weight excluding hydrogens is 495 g/mol. The van der Waals surface area contributed by atoms with E-state index in [9.17, 15) is 24.6 Å². The second kappa shape index (κ2) is 17.3. The number of benzene rings is 2. The predicted molar refractivity (Wildman–Crippen MR) is 146 cm³/mol. The Labute approximate surface area is 223 Å². The summed E-state index contributed by atoms with van der Waals surface area (Å²) in [6.07, 6.45) is 2.56. The van der Waals surface area contributed by atoms with Crippen LogP contribution in [-0.4, -0.2) is 99.3 Å². The van der Waals surface area contributed by atoms with E-state index in [0.29, 0.717) is 0 Å². The van der Waals surface area contributed by atoms with Gasteiger partial charge in [0.05, 0.1) is 9.85 Å². The maximum atomic E-state index is 12.4. The van der Waals surface area contributed by atoms with Crippen molar-refractivity contribution < 1.29 is 19.0 Å². The number of rotatable bonds is 3. The van der Waals surface area contributed by atoms with Crippen LogP contribution in [0.25, 0.3) is 0 Å². The number of nitrogens with zero attached hydrogens (tertiary/aromatic N) is 5. The molecule has 210 valence electrons. The highest BCUT2D eigenvalue weighted by Crippen LogP contribution is 2.28. The lowest BCUT2D eigenvalue weighted by atomic mass is 10.2. The van der Waals surface area contributed by atoms with Crippen LogP contribution < -0.4 is 10.2 Å². The first-order chi connectivity index (χ1) is 18.3. The number of nitrogens with one attached hydrogen (secondary N) is 1. The van der Waals surface area contributed by atoms with Crippen LogP contribution in [0.4, 0.5) is 21.5 Å². The zero-order valence-electron chi connectivity index (χ0n) is 22.3. The van der Waals surface area contributed by atoms with Gasteiger partial charge in [-0.05, 0) is 39.1 Å². The van der Waals surface area contributed by atoms with Gasteiger partial charge in [0, 0.05) is 77.7 Å². The molecule has 0 saturated carbocycles. The highest BCUT2D eigenvalue weighted by atomic mass is 19.1. The molecule has 0 spiro atoms. The molecule has 0 unspecified atom stereocenters. The van der Waals surface area contributed by atoms with E-state index in [1.807, 2.05) is 12.1 Å². The quantitative estimate of drug-likeness (QED) is 0.467. The summed E-state index contributed by atoms with van der Waals surface area (Å²) in [5.41, 5.74) is 0.454. The average Bonchev–Trinajstić information content (AvgIpc) is 3.51. The predicted octanol–water partition coefficient (Wildman–Crippen LogP) is 3.40. The molecule has 38 heavy (non-hydrogen) atoms. The van der Waals surface area contributed by atoms with Crippen molar-refractivity contribution in [3.8, 4) is 0 Å². The molecule has 3 fully saturated rings. The van der Waals surface area contributed by atoms with Crippen LogP contribution in [0.1, 0.15) is 12.8 Å². The van der Waals surface area contributed by atoms with E-state index in [2.05, 4.69) is 34.1 Å². The van der Waals surface area contributed by atoms with E-state index in [-0.39, 0.29) is 10.6 Å². The third kappa shape index (κ3) is 11.5. The first-order valence-electron chi connectivity index (χ1n) is 12.8. The lowest BCUT2D eigenvalue weighted by molar-refractivity contribution is -0.387. The normalized spacial score (nSPS) is 17.6. The van der Waals surface area contributed by atoms with Gasteiger partial charge in [-0.1, -0.05) is 24.3 Å². The Morgan fingerprint density at radius 1 is 0.763 bits per heavy atom. The van der Waals surface area contributed by atoms with Gasteiger partial charge in [0.2, 0.25) is 5.82 Å². The molecule has 0 aromatic heterocycles. The second-order valence-corrected chi connectivity index (χ2v) is 9.12. The van der Waals surface area contributed by atoms with Crippen molar-refractivity contribution in [2.75, 3.05) is 84.6 Å². The molecule has 1 N–H and O–H groups in total. The first-order valence-corrected chi connectivity index (χ1v) is 12.8. The van der Waals surface area contributed by atoms with Crippen molar-refractivity contribution in [2.45, 2.75) is 12.8 Å². The maximum absolute atomic E-state index is 12.4. The Bertz CT molecular complexity index is 972. The number of hydrogen-bond donors (Lipinski definition) is 1. The van der Waals surface area contributed by atoms with E-state index in [1.54, 1.807) is 12.1 Å². The average molecular weight is 535 g/mol. The Kier molecular flexibility index (Phi) is 14.2. The third-order valence-electron chi connectivity index (χ3n) is 6.14. The van der Waals surface area contributed by atoms with Gasteiger partial charge in [0.15, 0.2) is 0 Å². The topological polar surface area (TPSA) is 117 Å². The van der Waals surface area contributed by atoms with E-state index >= 15 is 0 Å². The van der Waals surface area contributed by atoms with Crippen LogP contribution in [-0.2, 0) is 4.74 Å². The third-order valence-corrected chi connectivity index (χ3v) is 6.14. The molecule has 2 aromatic rings. The molecular formula is C26H39FN6O5. The number of hydrogen-bond acceptors (Lipinski definition) is 9. The van der Waals surface area contributed by atoms with Gasteiger partial charge >= 0.3 is 5.69 Å². The van der Waals surface area contributed by atoms with Crippen LogP contribution in [0.3, 0.4) is 0 Å². The highest BCUT2D eigenvalue weighted by Gasteiger charge is 2.21. The number of ether oxygens (including phenoxy) is 1. The molecule has 2 aromatic carbocycles. The number of nitro groups is 2. The molecule has 0 bridgehead atoms. The summed E-state index contributed by atoms with van der Waals surface area (Å²) >= 11 is 0.